The van der Waals surface area contributed by atoms with Gasteiger partial charge in [0.2, 0.25) is 11.8 Å². The van der Waals surface area contributed by atoms with E-state index in [1.807, 2.05) is 0 Å². The van der Waals surface area contributed by atoms with E-state index in [1.165, 1.54) is 11.3 Å². The lowest BCUT2D eigenvalue weighted by atomic mass is 9.88. The van der Waals surface area contributed by atoms with Crippen molar-refractivity contribution in [1.29, 1.82) is 0 Å². The molecule has 1 heterocycles. The summed E-state index contributed by atoms with van der Waals surface area (Å²) in [6.07, 6.45) is 8.86. The topological polar surface area (TPSA) is 40.6 Å². The fourth-order valence-electron chi connectivity index (χ4n) is 2.31. The van der Waals surface area contributed by atoms with Crippen LogP contribution in [0.4, 0.5) is 0 Å². The van der Waals surface area contributed by atoms with E-state index in [0.717, 1.165) is 25.7 Å². The van der Waals surface area contributed by atoms with Gasteiger partial charge in [0.15, 0.2) is 0 Å². The number of likely N-dealkylation sites (N-methyl/N-ethyl adjacent to an activating group) is 1. The van der Waals surface area contributed by atoms with Crippen LogP contribution in [0, 0.1) is 5.92 Å². The molecule has 2 amide bonds. The minimum Gasteiger partial charge on any atom is -0.319 e. The number of hydrogen-bond acceptors (Lipinski definition) is 2. The molecular weight excluding hydrogens is 204 g/mol. The fourth-order valence-corrected chi connectivity index (χ4v) is 2.31. The van der Waals surface area contributed by atoms with Gasteiger partial charge in [-0.25, -0.2) is 0 Å². The van der Waals surface area contributed by atoms with Crippen molar-refractivity contribution in [2.24, 2.45) is 5.92 Å². The molecule has 0 atom stereocenters. The van der Waals surface area contributed by atoms with Crippen LogP contribution in [0.3, 0.4) is 0 Å². The summed E-state index contributed by atoms with van der Waals surface area (Å²) < 4.78 is 0. The van der Waals surface area contributed by atoms with E-state index >= 15 is 0 Å². The molecule has 1 aliphatic heterocycles. The van der Waals surface area contributed by atoms with Crippen LogP contribution in [0.25, 0.3) is 0 Å². The average Bonchev–Trinajstić information content (AvgIpc) is 2.33. The average molecular weight is 222 g/mol. The Labute approximate surface area is 95.9 Å². The third-order valence-corrected chi connectivity index (χ3v) is 3.41. The van der Waals surface area contributed by atoms with Gasteiger partial charge in [0.25, 0.3) is 0 Å². The first-order chi connectivity index (χ1) is 7.68. The van der Waals surface area contributed by atoms with Crippen LogP contribution in [-0.2, 0) is 9.59 Å². The highest BCUT2D eigenvalue weighted by Crippen LogP contribution is 2.25. The van der Waals surface area contributed by atoms with Crippen LogP contribution in [0.15, 0.2) is 12.4 Å². The van der Waals surface area contributed by atoms with Crippen molar-refractivity contribution in [2.45, 2.75) is 32.1 Å². The van der Waals surface area contributed by atoms with E-state index < -0.39 is 0 Å². The van der Waals surface area contributed by atoms with Crippen molar-refractivity contribution < 1.29 is 9.59 Å². The molecule has 4 heteroatoms. The zero-order chi connectivity index (χ0) is 11.5. The summed E-state index contributed by atoms with van der Waals surface area (Å²) in [5.74, 6) is 0.235. The van der Waals surface area contributed by atoms with Crippen molar-refractivity contribution in [3.8, 4) is 0 Å². The smallest absolute Gasteiger partial charge is 0.246 e. The quantitative estimate of drug-likeness (QED) is 0.671. The Balaban J connectivity index is 1.99. The largest absolute Gasteiger partial charge is 0.319 e. The lowest BCUT2D eigenvalue weighted by Crippen LogP contribution is -2.43. The minimum atomic E-state index is -0.0216. The maximum Gasteiger partial charge on any atom is 0.246 e. The highest BCUT2D eigenvalue weighted by molar-refractivity contribution is 5.88. The molecule has 0 spiro atoms. The molecule has 1 saturated carbocycles. The van der Waals surface area contributed by atoms with Crippen LogP contribution in [-0.4, -0.2) is 35.2 Å². The molecule has 88 valence electrons. The van der Waals surface area contributed by atoms with Crippen molar-refractivity contribution in [3.63, 3.8) is 0 Å². The Hall–Kier alpha value is -1.32. The molecule has 0 unspecified atom stereocenters. The van der Waals surface area contributed by atoms with Gasteiger partial charge in [0.1, 0.15) is 6.54 Å². The summed E-state index contributed by atoms with van der Waals surface area (Å²) in [5, 5.41) is 0. The number of carbonyl (C=O) groups is 2. The van der Waals surface area contributed by atoms with E-state index in [2.05, 4.69) is 0 Å². The van der Waals surface area contributed by atoms with Crippen molar-refractivity contribution in [2.75, 3.05) is 13.6 Å². The van der Waals surface area contributed by atoms with E-state index in [9.17, 15) is 9.59 Å². The summed E-state index contributed by atoms with van der Waals surface area (Å²) in [6, 6.07) is 0. The highest BCUT2D eigenvalue weighted by Gasteiger charge is 2.28. The van der Waals surface area contributed by atoms with Gasteiger partial charge < -0.3 is 9.80 Å². The molecule has 2 rings (SSSR count). The van der Waals surface area contributed by atoms with Gasteiger partial charge in [0.05, 0.1) is 0 Å². The molecule has 0 radical (unpaired) electrons. The predicted molar refractivity (Wildman–Crippen MR) is 60.2 cm³/mol. The first kappa shape index (κ1) is 11.2. The second-order valence-corrected chi connectivity index (χ2v) is 4.60. The zero-order valence-corrected chi connectivity index (χ0v) is 9.69. The van der Waals surface area contributed by atoms with Gasteiger partial charge in [-0.1, -0.05) is 19.3 Å². The lowest BCUT2D eigenvalue weighted by Gasteiger charge is -2.30. The summed E-state index contributed by atoms with van der Waals surface area (Å²) in [5.41, 5.74) is 0. The second kappa shape index (κ2) is 4.68. The van der Waals surface area contributed by atoms with Gasteiger partial charge in [0, 0.05) is 25.4 Å². The first-order valence-corrected chi connectivity index (χ1v) is 5.93. The molecule has 0 aromatic rings. The zero-order valence-electron chi connectivity index (χ0n) is 9.69. The van der Waals surface area contributed by atoms with E-state index in [4.69, 9.17) is 0 Å². The first-order valence-electron chi connectivity index (χ1n) is 5.93. The second-order valence-electron chi connectivity index (χ2n) is 4.60. The monoisotopic (exact) mass is 222 g/mol. The van der Waals surface area contributed by atoms with Gasteiger partial charge >= 0.3 is 0 Å². The number of nitrogens with zero attached hydrogens (tertiary/aromatic N) is 2. The van der Waals surface area contributed by atoms with Crippen LogP contribution in [0.1, 0.15) is 32.1 Å². The molecular formula is C12H18N2O2. The third-order valence-electron chi connectivity index (χ3n) is 3.41. The van der Waals surface area contributed by atoms with Gasteiger partial charge in [-0.05, 0) is 12.8 Å². The molecule has 0 aromatic carbocycles. The number of rotatable bonds is 1. The Morgan fingerprint density at radius 3 is 2.56 bits per heavy atom. The molecule has 2 aliphatic rings. The van der Waals surface area contributed by atoms with Crippen molar-refractivity contribution >= 4 is 11.8 Å². The Morgan fingerprint density at radius 2 is 1.94 bits per heavy atom. The Bertz CT molecular complexity index is 319. The van der Waals surface area contributed by atoms with Crippen LogP contribution >= 0.6 is 0 Å². The standard InChI is InChI=1S/C12H18N2O2/c1-13-7-8-14(9-11(13)15)12(16)10-5-3-2-4-6-10/h7-8,10H,2-6,9H2,1H3. The summed E-state index contributed by atoms with van der Waals surface area (Å²) in [4.78, 5) is 26.7. The van der Waals surface area contributed by atoms with Crippen molar-refractivity contribution in [3.05, 3.63) is 12.4 Å². The van der Waals surface area contributed by atoms with Gasteiger partial charge in [-0.2, -0.15) is 0 Å². The van der Waals surface area contributed by atoms with E-state index in [1.54, 1.807) is 24.3 Å². The van der Waals surface area contributed by atoms with Crippen LogP contribution < -0.4 is 0 Å². The van der Waals surface area contributed by atoms with Gasteiger partial charge in [-0.3, -0.25) is 9.59 Å². The maximum atomic E-state index is 12.1. The molecule has 0 N–H and O–H groups in total. The lowest BCUT2D eigenvalue weighted by molar-refractivity contribution is -0.140. The van der Waals surface area contributed by atoms with Crippen LogP contribution in [0.2, 0.25) is 0 Å². The SMILES string of the molecule is CN1C=CN(C(=O)C2CCCCC2)CC1=O. The van der Waals surface area contributed by atoms with Crippen LogP contribution in [0.5, 0.6) is 0 Å². The molecule has 16 heavy (non-hydrogen) atoms. The van der Waals surface area contributed by atoms with E-state index in [-0.39, 0.29) is 24.3 Å². The van der Waals surface area contributed by atoms with Crippen molar-refractivity contribution in [1.82, 2.24) is 9.80 Å². The Morgan fingerprint density at radius 1 is 1.25 bits per heavy atom. The normalized spacial score (nSPS) is 22.7. The highest BCUT2D eigenvalue weighted by atomic mass is 16.2. The molecule has 1 fully saturated rings. The number of amides is 2. The van der Waals surface area contributed by atoms with Gasteiger partial charge in [-0.15, -0.1) is 0 Å². The predicted octanol–water partition coefficient (Wildman–Crippen LogP) is 1.34. The number of carbonyl (C=O) groups excluding carboxylic acids is 2. The molecule has 0 saturated heterocycles. The summed E-state index contributed by atoms with van der Waals surface area (Å²) in [7, 11) is 1.71. The maximum absolute atomic E-state index is 12.1. The molecule has 0 bridgehead atoms. The van der Waals surface area contributed by atoms with E-state index in [0.29, 0.717) is 0 Å². The summed E-state index contributed by atoms with van der Waals surface area (Å²) >= 11 is 0. The molecule has 4 nitrogen and oxygen atoms in total. The minimum absolute atomic E-state index is 0.0216. The molecule has 0 aromatic heterocycles. The summed E-state index contributed by atoms with van der Waals surface area (Å²) in [6.45, 7) is 0.197. The number of hydrogen-bond donors (Lipinski definition) is 0. The third kappa shape index (κ3) is 2.26. The Kier molecular flexibility index (Phi) is 3.27. The fraction of sp³-hybridized carbons (Fsp3) is 0.667. The molecule has 1 aliphatic carbocycles.